The monoisotopic (exact) mass is 240 g/mol. The summed E-state index contributed by atoms with van der Waals surface area (Å²) in [5.41, 5.74) is 5.80. The number of benzene rings is 1. The fourth-order valence-electron chi connectivity index (χ4n) is 1.56. The predicted molar refractivity (Wildman–Crippen MR) is 64.1 cm³/mol. The van der Waals surface area contributed by atoms with E-state index in [9.17, 15) is 9.18 Å². The summed E-state index contributed by atoms with van der Waals surface area (Å²) in [6.45, 7) is 3.62. The first-order valence-electron chi connectivity index (χ1n) is 5.44. The molecule has 0 atom stereocenters. The summed E-state index contributed by atoms with van der Waals surface area (Å²) >= 11 is 0. The summed E-state index contributed by atoms with van der Waals surface area (Å²) in [4.78, 5) is 13.5. The number of aliphatic hydroxyl groups excluding tert-OH is 1. The average molecular weight is 240 g/mol. The molecule has 0 aliphatic carbocycles. The molecule has 17 heavy (non-hydrogen) atoms. The van der Waals surface area contributed by atoms with Gasteiger partial charge in [0.15, 0.2) is 0 Å². The molecule has 0 aromatic heterocycles. The summed E-state index contributed by atoms with van der Waals surface area (Å²) < 4.78 is 13.5. The number of carbonyl (C=O) groups is 1. The van der Waals surface area contributed by atoms with Gasteiger partial charge in [-0.05, 0) is 32.0 Å². The Morgan fingerprint density at radius 1 is 1.53 bits per heavy atom. The molecule has 94 valence electrons. The average Bonchev–Trinajstić information content (AvgIpc) is 2.28. The van der Waals surface area contributed by atoms with Gasteiger partial charge in [-0.3, -0.25) is 4.79 Å². The van der Waals surface area contributed by atoms with Gasteiger partial charge in [0.05, 0.1) is 12.2 Å². The molecule has 5 heteroatoms. The van der Waals surface area contributed by atoms with E-state index in [-0.39, 0.29) is 24.8 Å². The van der Waals surface area contributed by atoms with Crippen LogP contribution in [0.1, 0.15) is 24.2 Å². The summed E-state index contributed by atoms with van der Waals surface area (Å²) in [6.07, 6.45) is 0. The van der Waals surface area contributed by atoms with Gasteiger partial charge >= 0.3 is 0 Å². The third-order valence-electron chi connectivity index (χ3n) is 2.45. The zero-order valence-electron chi connectivity index (χ0n) is 9.98. The predicted octanol–water partition coefficient (Wildman–Crippen LogP) is 1.25. The van der Waals surface area contributed by atoms with Crippen LogP contribution in [-0.4, -0.2) is 35.1 Å². The van der Waals surface area contributed by atoms with E-state index in [2.05, 4.69) is 0 Å². The number of hydrogen-bond donors (Lipinski definition) is 2. The molecule has 0 bridgehead atoms. The van der Waals surface area contributed by atoms with Crippen LogP contribution >= 0.6 is 0 Å². The van der Waals surface area contributed by atoms with Gasteiger partial charge in [-0.2, -0.15) is 0 Å². The van der Waals surface area contributed by atoms with Gasteiger partial charge in [0.1, 0.15) is 5.82 Å². The molecule has 3 N–H and O–H groups in total. The number of hydrogen-bond acceptors (Lipinski definition) is 3. The van der Waals surface area contributed by atoms with Crippen LogP contribution in [-0.2, 0) is 0 Å². The molecule has 0 saturated carbocycles. The summed E-state index contributed by atoms with van der Waals surface area (Å²) in [7, 11) is 0. The lowest BCUT2D eigenvalue weighted by Gasteiger charge is -2.26. The molecule has 4 nitrogen and oxygen atoms in total. The highest BCUT2D eigenvalue weighted by atomic mass is 19.1. The minimum atomic E-state index is -0.604. The highest BCUT2D eigenvalue weighted by Gasteiger charge is 2.21. The smallest absolute Gasteiger partial charge is 0.257 e. The zero-order chi connectivity index (χ0) is 13.0. The Labute approximate surface area is 99.8 Å². The van der Waals surface area contributed by atoms with Crippen molar-refractivity contribution in [2.24, 2.45) is 0 Å². The van der Waals surface area contributed by atoms with E-state index in [1.807, 2.05) is 0 Å². The second-order valence-electron chi connectivity index (χ2n) is 4.06. The third-order valence-corrected chi connectivity index (χ3v) is 2.45. The second-order valence-corrected chi connectivity index (χ2v) is 4.06. The maximum atomic E-state index is 13.5. The van der Waals surface area contributed by atoms with Crippen molar-refractivity contribution in [3.05, 3.63) is 29.6 Å². The van der Waals surface area contributed by atoms with Crippen LogP contribution in [0.3, 0.4) is 0 Å². The van der Waals surface area contributed by atoms with Crippen LogP contribution in [0.2, 0.25) is 0 Å². The summed E-state index contributed by atoms with van der Waals surface area (Å²) in [5.74, 6) is -1.06. The van der Waals surface area contributed by atoms with E-state index >= 15 is 0 Å². The van der Waals surface area contributed by atoms with Gasteiger partial charge < -0.3 is 15.7 Å². The number of carbonyl (C=O) groups excluding carboxylic acids is 1. The zero-order valence-corrected chi connectivity index (χ0v) is 9.98. The number of aliphatic hydroxyl groups is 1. The van der Waals surface area contributed by atoms with E-state index in [4.69, 9.17) is 10.8 Å². The highest BCUT2D eigenvalue weighted by Crippen LogP contribution is 2.15. The van der Waals surface area contributed by atoms with E-state index in [1.165, 1.54) is 23.1 Å². The van der Waals surface area contributed by atoms with Crippen molar-refractivity contribution < 1.29 is 14.3 Å². The van der Waals surface area contributed by atoms with Crippen LogP contribution in [0.5, 0.6) is 0 Å². The SMILES string of the molecule is CC(C)N(CCO)C(=O)c1cc(N)ccc1F. The van der Waals surface area contributed by atoms with Crippen molar-refractivity contribution in [1.29, 1.82) is 0 Å². The lowest BCUT2D eigenvalue weighted by atomic mass is 10.1. The van der Waals surface area contributed by atoms with Crippen molar-refractivity contribution in [3.8, 4) is 0 Å². The fourth-order valence-corrected chi connectivity index (χ4v) is 1.56. The van der Waals surface area contributed by atoms with Gasteiger partial charge in [-0.15, -0.1) is 0 Å². The quantitative estimate of drug-likeness (QED) is 0.778. The minimum Gasteiger partial charge on any atom is -0.399 e. The van der Waals surface area contributed by atoms with Crippen molar-refractivity contribution in [1.82, 2.24) is 4.90 Å². The molecule has 0 spiro atoms. The van der Waals surface area contributed by atoms with Gasteiger partial charge in [0, 0.05) is 18.3 Å². The van der Waals surface area contributed by atoms with Crippen molar-refractivity contribution in [2.75, 3.05) is 18.9 Å². The first-order valence-corrected chi connectivity index (χ1v) is 5.44. The molecule has 1 rings (SSSR count). The number of anilines is 1. The Morgan fingerprint density at radius 3 is 2.71 bits per heavy atom. The van der Waals surface area contributed by atoms with Gasteiger partial charge in [-0.25, -0.2) is 4.39 Å². The second kappa shape index (κ2) is 5.63. The summed E-state index contributed by atoms with van der Waals surface area (Å²) in [6, 6.07) is 3.76. The van der Waals surface area contributed by atoms with Crippen molar-refractivity contribution >= 4 is 11.6 Å². The van der Waals surface area contributed by atoms with Crippen molar-refractivity contribution in [3.63, 3.8) is 0 Å². The van der Waals surface area contributed by atoms with E-state index in [1.54, 1.807) is 13.8 Å². The van der Waals surface area contributed by atoms with Gasteiger partial charge in [0.25, 0.3) is 5.91 Å². The number of nitrogen functional groups attached to an aromatic ring is 1. The molecule has 1 aromatic rings. The van der Waals surface area contributed by atoms with Crippen LogP contribution in [0, 0.1) is 5.82 Å². The fraction of sp³-hybridized carbons (Fsp3) is 0.417. The van der Waals surface area contributed by atoms with Crippen LogP contribution in [0.15, 0.2) is 18.2 Å². The van der Waals surface area contributed by atoms with Crippen molar-refractivity contribution in [2.45, 2.75) is 19.9 Å². The van der Waals surface area contributed by atoms with E-state index < -0.39 is 11.7 Å². The Kier molecular flexibility index (Phi) is 4.45. The Hall–Kier alpha value is -1.62. The summed E-state index contributed by atoms with van der Waals surface area (Å²) in [5, 5.41) is 8.89. The molecule has 0 aliphatic rings. The number of nitrogens with two attached hydrogens (primary N) is 1. The third kappa shape index (κ3) is 3.17. The molecule has 1 aromatic carbocycles. The van der Waals surface area contributed by atoms with Gasteiger partial charge in [-0.1, -0.05) is 0 Å². The molecule has 0 aliphatic heterocycles. The van der Waals surface area contributed by atoms with Gasteiger partial charge in [0.2, 0.25) is 0 Å². The normalized spacial score (nSPS) is 10.6. The first kappa shape index (κ1) is 13.4. The number of amides is 1. The van der Waals surface area contributed by atoms with E-state index in [0.29, 0.717) is 5.69 Å². The molecule has 0 heterocycles. The van der Waals surface area contributed by atoms with Crippen LogP contribution in [0.25, 0.3) is 0 Å². The molecule has 1 amide bonds. The topological polar surface area (TPSA) is 66.6 Å². The molecular weight excluding hydrogens is 223 g/mol. The molecule has 0 radical (unpaired) electrons. The molecule has 0 saturated heterocycles. The maximum Gasteiger partial charge on any atom is 0.257 e. The molecule has 0 fully saturated rings. The number of nitrogens with zero attached hydrogens (tertiary/aromatic N) is 1. The lowest BCUT2D eigenvalue weighted by molar-refractivity contribution is 0.0660. The largest absolute Gasteiger partial charge is 0.399 e. The lowest BCUT2D eigenvalue weighted by Crippen LogP contribution is -2.39. The Morgan fingerprint density at radius 2 is 2.18 bits per heavy atom. The first-order chi connectivity index (χ1) is 7.97. The Balaban J connectivity index is 3.04. The van der Waals surface area contributed by atoms with Crippen LogP contribution < -0.4 is 5.73 Å². The van der Waals surface area contributed by atoms with E-state index in [0.717, 1.165) is 0 Å². The minimum absolute atomic E-state index is 0.0628. The maximum absolute atomic E-state index is 13.5. The van der Waals surface area contributed by atoms with Crippen LogP contribution in [0.4, 0.5) is 10.1 Å². The number of rotatable bonds is 4. The standard InChI is InChI=1S/C12H17FN2O2/c1-8(2)15(5-6-16)12(17)10-7-9(14)3-4-11(10)13/h3-4,7-8,16H,5-6,14H2,1-2H3. The highest BCUT2D eigenvalue weighted by molar-refractivity contribution is 5.95. The Bertz CT molecular complexity index is 407. The molecule has 0 unspecified atom stereocenters. The molecular formula is C12H17FN2O2. The number of halogens is 1.